The van der Waals surface area contributed by atoms with Gasteiger partial charge in [-0.25, -0.2) is 0 Å². The first kappa shape index (κ1) is 14.3. The second-order valence-electron chi connectivity index (χ2n) is 6.35. The summed E-state index contributed by atoms with van der Waals surface area (Å²) in [6.07, 6.45) is 8.20. The SMILES string of the molecule is CC1CC2CCCC(NCCCS(=O)(=O)O)(C1)C2. The minimum atomic E-state index is -3.80. The highest BCUT2D eigenvalue weighted by atomic mass is 32.2. The van der Waals surface area contributed by atoms with Crippen LogP contribution in [0.4, 0.5) is 0 Å². The summed E-state index contributed by atoms with van der Waals surface area (Å²) < 4.78 is 30.1. The van der Waals surface area contributed by atoms with Gasteiger partial charge in [0, 0.05) is 5.54 Å². The summed E-state index contributed by atoms with van der Waals surface area (Å²) in [7, 11) is -3.80. The molecule has 0 aromatic heterocycles. The maximum atomic E-state index is 10.7. The lowest BCUT2D eigenvalue weighted by Gasteiger charge is -2.48. The topological polar surface area (TPSA) is 66.4 Å². The van der Waals surface area contributed by atoms with Gasteiger partial charge in [0.1, 0.15) is 0 Å². The molecule has 2 fully saturated rings. The molecule has 2 aliphatic carbocycles. The van der Waals surface area contributed by atoms with Gasteiger partial charge in [-0.15, -0.1) is 0 Å². The molecule has 3 unspecified atom stereocenters. The summed E-state index contributed by atoms with van der Waals surface area (Å²) in [6, 6.07) is 0. The molecular weight excluding hydrogens is 250 g/mol. The maximum Gasteiger partial charge on any atom is 0.264 e. The Balaban J connectivity index is 1.83. The van der Waals surface area contributed by atoms with Crippen LogP contribution in [0.5, 0.6) is 0 Å². The van der Waals surface area contributed by atoms with Gasteiger partial charge in [0.05, 0.1) is 5.75 Å². The first-order valence-corrected chi connectivity index (χ1v) is 8.70. The monoisotopic (exact) mass is 275 g/mol. The van der Waals surface area contributed by atoms with E-state index in [0.717, 1.165) is 11.8 Å². The third-order valence-corrected chi connectivity index (χ3v) is 5.31. The molecule has 2 N–H and O–H groups in total. The van der Waals surface area contributed by atoms with Crippen LogP contribution in [0.1, 0.15) is 51.9 Å². The number of hydrogen-bond acceptors (Lipinski definition) is 3. The molecule has 0 saturated heterocycles. The second kappa shape index (κ2) is 5.47. The van der Waals surface area contributed by atoms with Crippen LogP contribution in [-0.2, 0) is 10.1 Å². The van der Waals surface area contributed by atoms with Crippen LogP contribution in [0.3, 0.4) is 0 Å². The Morgan fingerprint density at radius 1 is 1.39 bits per heavy atom. The van der Waals surface area contributed by atoms with Gasteiger partial charge in [-0.1, -0.05) is 19.8 Å². The lowest BCUT2D eigenvalue weighted by atomic mass is 9.64. The molecule has 106 valence electrons. The Kier molecular flexibility index (Phi) is 4.34. The highest BCUT2D eigenvalue weighted by Gasteiger charge is 2.41. The van der Waals surface area contributed by atoms with Crippen LogP contribution in [0.15, 0.2) is 0 Å². The molecule has 3 atom stereocenters. The Bertz CT molecular complexity index is 378. The Morgan fingerprint density at radius 2 is 2.17 bits per heavy atom. The highest BCUT2D eigenvalue weighted by molar-refractivity contribution is 7.85. The summed E-state index contributed by atoms with van der Waals surface area (Å²) >= 11 is 0. The predicted octanol–water partition coefficient (Wildman–Crippen LogP) is 2.21. The average molecular weight is 275 g/mol. The largest absolute Gasteiger partial charge is 0.311 e. The summed E-state index contributed by atoms with van der Waals surface area (Å²) in [6.45, 7) is 3.02. The van der Waals surface area contributed by atoms with Crippen LogP contribution < -0.4 is 5.32 Å². The van der Waals surface area contributed by atoms with Crippen LogP contribution in [0.2, 0.25) is 0 Å². The predicted molar refractivity (Wildman–Crippen MR) is 72.1 cm³/mol. The Hall–Kier alpha value is -0.130. The number of rotatable bonds is 5. The molecular formula is C13H25NO3S. The van der Waals surface area contributed by atoms with E-state index in [2.05, 4.69) is 12.2 Å². The van der Waals surface area contributed by atoms with E-state index >= 15 is 0 Å². The van der Waals surface area contributed by atoms with E-state index in [1.807, 2.05) is 0 Å². The van der Waals surface area contributed by atoms with E-state index in [9.17, 15) is 8.42 Å². The van der Waals surface area contributed by atoms with Crippen molar-refractivity contribution >= 4 is 10.1 Å². The summed E-state index contributed by atoms with van der Waals surface area (Å²) in [5.74, 6) is 1.50. The van der Waals surface area contributed by atoms with Crippen molar-refractivity contribution in [1.29, 1.82) is 0 Å². The van der Waals surface area contributed by atoms with Crippen LogP contribution >= 0.6 is 0 Å². The quantitative estimate of drug-likeness (QED) is 0.596. The van der Waals surface area contributed by atoms with Crippen molar-refractivity contribution in [2.24, 2.45) is 11.8 Å². The molecule has 2 bridgehead atoms. The van der Waals surface area contributed by atoms with Crippen molar-refractivity contribution < 1.29 is 13.0 Å². The van der Waals surface area contributed by atoms with Crippen molar-refractivity contribution in [3.63, 3.8) is 0 Å². The molecule has 0 aliphatic heterocycles. The molecule has 0 radical (unpaired) electrons. The van der Waals surface area contributed by atoms with Gasteiger partial charge in [-0.05, 0) is 50.5 Å². The van der Waals surface area contributed by atoms with Gasteiger partial charge in [-0.2, -0.15) is 8.42 Å². The fourth-order valence-electron chi connectivity index (χ4n) is 4.03. The minimum absolute atomic E-state index is 0.130. The minimum Gasteiger partial charge on any atom is -0.311 e. The van der Waals surface area contributed by atoms with E-state index in [1.165, 1.54) is 38.5 Å². The molecule has 0 amide bonds. The molecule has 4 nitrogen and oxygen atoms in total. The van der Waals surface area contributed by atoms with Gasteiger partial charge in [0.15, 0.2) is 0 Å². The maximum absolute atomic E-state index is 10.7. The molecule has 0 aromatic carbocycles. The van der Waals surface area contributed by atoms with Crippen molar-refractivity contribution in [2.45, 2.75) is 57.4 Å². The molecule has 2 rings (SSSR count). The Morgan fingerprint density at radius 3 is 2.89 bits per heavy atom. The summed E-state index contributed by atoms with van der Waals surface area (Å²) in [5.41, 5.74) is 0.250. The van der Waals surface area contributed by atoms with Gasteiger partial charge in [0.25, 0.3) is 10.1 Å². The zero-order valence-electron chi connectivity index (χ0n) is 11.2. The van der Waals surface area contributed by atoms with Crippen molar-refractivity contribution in [1.82, 2.24) is 5.32 Å². The van der Waals surface area contributed by atoms with Crippen LogP contribution in [-0.4, -0.2) is 30.8 Å². The highest BCUT2D eigenvalue weighted by Crippen LogP contribution is 2.45. The second-order valence-corrected chi connectivity index (χ2v) is 7.93. The van der Waals surface area contributed by atoms with Crippen LogP contribution in [0.25, 0.3) is 0 Å². The first-order chi connectivity index (χ1) is 8.39. The third-order valence-electron chi connectivity index (χ3n) is 4.50. The fourth-order valence-corrected chi connectivity index (χ4v) is 4.54. The van der Waals surface area contributed by atoms with Crippen molar-refractivity contribution in [2.75, 3.05) is 12.3 Å². The van der Waals surface area contributed by atoms with Gasteiger partial charge in [-0.3, -0.25) is 4.55 Å². The molecule has 0 aromatic rings. The molecule has 18 heavy (non-hydrogen) atoms. The van der Waals surface area contributed by atoms with Gasteiger partial charge in [0.2, 0.25) is 0 Å². The lowest BCUT2D eigenvalue weighted by molar-refractivity contribution is 0.0843. The van der Waals surface area contributed by atoms with E-state index < -0.39 is 10.1 Å². The molecule has 0 heterocycles. The van der Waals surface area contributed by atoms with Crippen molar-refractivity contribution in [3.8, 4) is 0 Å². The van der Waals surface area contributed by atoms with E-state index in [-0.39, 0.29) is 11.3 Å². The van der Waals surface area contributed by atoms with Gasteiger partial charge < -0.3 is 5.32 Å². The third kappa shape index (κ3) is 3.93. The molecule has 2 aliphatic rings. The van der Waals surface area contributed by atoms with Crippen molar-refractivity contribution in [3.05, 3.63) is 0 Å². The van der Waals surface area contributed by atoms with E-state index in [1.54, 1.807) is 0 Å². The lowest BCUT2D eigenvalue weighted by Crippen LogP contribution is -2.53. The number of fused-ring (bicyclic) bond motifs is 2. The van der Waals surface area contributed by atoms with Crippen LogP contribution in [0, 0.1) is 11.8 Å². The van der Waals surface area contributed by atoms with E-state index in [4.69, 9.17) is 4.55 Å². The normalized spacial score (nSPS) is 36.6. The zero-order valence-corrected chi connectivity index (χ0v) is 12.0. The number of nitrogens with one attached hydrogen (secondary N) is 1. The average Bonchev–Trinajstić information content (AvgIpc) is 2.22. The Labute approximate surface area is 110 Å². The fraction of sp³-hybridized carbons (Fsp3) is 1.00. The zero-order chi connectivity index (χ0) is 13.2. The molecule has 2 saturated carbocycles. The summed E-state index contributed by atoms with van der Waals surface area (Å²) in [5, 5.41) is 3.59. The molecule has 0 spiro atoms. The standard InChI is InChI=1S/C13H25NO3S/c1-11-8-12-4-2-5-13(9-11,10-12)14-6-3-7-18(15,16)17/h11-12,14H,2-10H2,1H3,(H,15,16,17). The number of hydrogen-bond donors (Lipinski definition) is 2. The smallest absolute Gasteiger partial charge is 0.264 e. The molecule has 5 heteroatoms. The first-order valence-electron chi connectivity index (χ1n) is 7.09. The van der Waals surface area contributed by atoms with Gasteiger partial charge >= 0.3 is 0 Å². The summed E-state index contributed by atoms with van der Waals surface area (Å²) in [4.78, 5) is 0. The van der Waals surface area contributed by atoms with E-state index in [0.29, 0.717) is 13.0 Å².